The van der Waals surface area contributed by atoms with E-state index in [0.717, 1.165) is 5.56 Å². The van der Waals surface area contributed by atoms with E-state index in [0.29, 0.717) is 13.2 Å². The molecule has 98 valence electrons. The van der Waals surface area contributed by atoms with Gasteiger partial charge in [-0.25, -0.2) is 4.79 Å². The molecule has 0 aliphatic heterocycles. The molecule has 2 N–H and O–H groups in total. The van der Waals surface area contributed by atoms with Gasteiger partial charge in [0.1, 0.15) is 0 Å². The molecule has 0 saturated heterocycles. The molecule has 0 aliphatic rings. The smallest absolute Gasteiger partial charge is 0.315 e. The molecular weight excluding hydrogens is 232 g/mol. The van der Waals surface area contributed by atoms with Crippen LogP contribution in [0.5, 0.6) is 0 Å². The first kappa shape index (κ1) is 14.0. The Labute approximate surface area is 107 Å². The summed E-state index contributed by atoms with van der Waals surface area (Å²) in [6.45, 7) is 2.85. The summed E-state index contributed by atoms with van der Waals surface area (Å²) in [4.78, 5) is 22.4. The van der Waals surface area contributed by atoms with Gasteiger partial charge in [0.2, 0.25) is 0 Å². The number of urea groups is 1. The van der Waals surface area contributed by atoms with Crippen molar-refractivity contribution in [2.75, 3.05) is 13.2 Å². The van der Waals surface area contributed by atoms with E-state index >= 15 is 0 Å². The van der Waals surface area contributed by atoms with Crippen molar-refractivity contribution in [3.05, 3.63) is 35.9 Å². The monoisotopic (exact) mass is 250 g/mol. The van der Waals surface area contributed by atoms with Crippen molar-refractivity contribution in [1.29, 1.82) is 0 Å². The van der Waals surface area contributed by atoms with Crippen LogP contribution in [-0.2, 0) is 16.1 Å². The molecule has 0 spiro atoms. The summed E-state index contributed by atoms with van der Waals surface area (Å²) in [5.74, 6) is -0.305. The molecule has 1 aromatic carbocycles. The zero-order valence-electron chi connectivity index (χ0n) is 10.4. The van der Waals surface area contributed by atoms with Gasteiger partial charge in [-0.05, 0) is 12.5 Å². The predicted molar refractivity (Wildman–Crippen MR) is 67.9 cm³/mol. The quantitative estimate of drug-likeness (QED) is 0.751. The molecule has 0 unspecified atom stereocenters. The maximum atomic E-state index is 11.4. The topological polar surface area (TPSA) is 67.4 Å². The van der Waals surface area contributed by atoms with Crippen molar-refractivity contribution in [2.45, 2.75) is 19.9 Å². The largest absolute Gasteiger partial charge is 0.466 e. The normalized spacial score (nSPS) is 9.61. The highest BCUT2D eigenvalue weighted by molar-refractivity contribution is 5.75. The van der Waals surface area contributed by atoms with Gasteiger partial charge < -0.3 is 15.4 Å². The van der Waals surface area contributed by atoms with Crippen LogP contribution in [0.1, 0.15) is 18.9 Å². The lowest BCUT2D eigenvalue weighted by atomic mass is 10.2. The van der Waals surface area contributed by atoms with Crippen LogP contribution in [-0.4, -0.2) is 25.2 Å². The zero-order valence-corrected chi connectivity index (χ0v) is 10.4. The first-order chi connectivity index (χ1) is 8.72. The maximum absolute atomic E-state index is 11.4. The van der Waals surface area contributed by atoms with E-state index in [9.17, 15) is 9.59 Å². The van der Waals surface area contributed by atoms with Crippen LogP contribution in [0.3, 0.4) is 0 Å². The molecule has 2 amide bonds. The number of esters is 1. The predicted octanol–water partition coefficient (Wildman–Crippen LogP) is 1.44. The summed E-state index contributed by atoms with van der Waals surface area (Å²) in [7, 11) is 0. The second kappa shape index (κ2) is 8.11. The molecule has 1 aromatic rings. The number of hydrogen-bond donors (Lipinski definition) is 2. The number of benzene rings is 1. The number of carbonyl (C=O) groups excluding carboxylic acids is 2. The van der Waals surface area contributed by atoms with Gasteiger partial charge in [0.15, 0.2) is 0 Å². The van der Waals surface area contributed by atoms with E-state index in [1.807, 2.05) is 30.3 Å². The highest BCUT2D eigenvalue weighted by Crippen LogP contribution is 1.96. The molecule has 0 aromatic heterocycles. The Morgan fingerprint density at radius 1 is 1.17 bits per heavy atom. The fraction of sp³-hybridized carbons (Fsp3) is 0.385. The highest BCUT2D eigenvalue weighted by Gasteiger charge is 2.03. The Morgan fingerprint density at radius 2 is 1.89 bits per heavy atom. The minimum atomic E-state index is -0.305. The lowest BCUT2D eigenvalue weighted by molar-refractivity contribution is -0.142. The standard InChI is InChI=1S/C13H18N2O3/c1-2-18-12(16)8-9-14-13(17)15-10-11-6-4-3-5-7-11/h3-7H,2,8-10H2,1H3,(H2,14,15,17). The van der Waals surface area contributed by atoms with Gasteiger partial charge in [0.05, 0.1) is 13.0 Å². The number of rotatable bonds is 6. The fourth-order valence-corrected chi connectivity index (χ4v) is 1.35. The van der Waals surface area contributed by atoms with Crippen molar-refractivity contribution in [3.63, 3.8) is 0 Å². The van der Waals surface area contributed by atoms with Crippen LogP contribution in [0.2, 0.25) is 0 Å². The van der Waals surface area contributed by atoms with Crippen molar-refractivity contribution in [3.8, 4) is 0 Å². The van der Waals surface area contributed by atoms with Crippen LogP contribution in [0.15, 0.2) is 30.3 Å². The van der Waals surface area contributed by atoms with E-state index in [1.165, 1.54) is 0 Å². The van der Waals surface area contributed by atoms with Gasteiger partial charge >= 0.3 is 12.0 Å². The third-order valence-electron chi connectivity index (χ3n) is 2.22. The fourth-order valence-electron chi connectivity index (χ4n) is 1.35. The third kappa shape index (κ3) is 5.89. The molecule has 5 heteroatoms. The third-order valence-corrected chi connectivity index (χ3v) is 2.22. The minimum Gasteiger partial charge on any atom is -0.466 e. The van der Waals surface area contributed by atoms with Crippen LogP contribution in [0.25, 0.3) is 0 Å². The molecule has 0 atom stereocenters. The molecule has 0 aliphatic carbocycles. The Hall–Kier alpha value is -2.04. The Kier molecular flexibility index (Phi) is 6.32. The summed E-state index contributed by atoms with van der Waals surface area (Å²) < 4.78 is 4.74. The molecule has 5 nitrogen and oxygen atoms in total. The Morgan fingerprint density at radius 3 is 2.56 bits per heavy atom. The average molecular weight is 250 g/mol. The van der Waals surface area contributed by atoms with Gasteiger partial charge in [-0.2, -0.15) is 0 Å². The van der Waals surface area contributed by atoms with E-state index in [4.69, 9.17) is 4.74 Å². The van der Waals surface area contributed by atoms with Crippen LogP contribution >= 0.6 is 0 Å². The second-order valence-electron chi connectivity index (χ2n) is 3.65. The number of carbonyl (C=O) groups is 2. The van der Waals surface area contributed by atoms with Crippen molar-refractivity contribution in [1.82, 2.24) is 10.6 Å². The molecule has 0 heterocycles. The average Bonchev–Trinajstić information content (AvgIpc) is 2.38. The summed E-state index contributed by atoms with van der Waals surface area (Å²) in [5.41, 5.74) is 1.03. The maximum Gasteiger partial charge on any atom is 0.315 e. The van der Waals surface area contributed by atoms with Crippen molar-refractivity contribution >= 4 is 12.0 Å². The Bertz CT molecular complexity index is 379. The molecule has 0 bridgehead atoms. The van der Waals surface area contributed by atoms with E-state index in [1.54, 1.807) is 6.92 Å². The Balaban J connectivity index is 2.13. The van der Waals surface area contributed by atoms with Crippen LogP contribution in [0, 0.1) is 0 Å². The molecule has 0 saturated carbocycles. The lowest BCUT2D eigenvalue weighted by Crippen LogP contribution is -2.36. The highest BCUT2D eigenvalue weighted by atomic mass is 16.5. The molecule has 1 rings (SSSR count). The van der Waals surface area contributed by atoms with Gasteiger partial charge in [0.25, 0.3) is 0 Å². The van der Waals surface area contributed by atoms with E-state index < -0.39 is 0 Å². The van der Waals surface area contributed by atoms with E-state index in [2.05, 4.69) is 10.6 Å². The molecule has 18 heavy (non-hydrogen) atoms. The minimum absolute atomic E-state index is 0.187. The zero-order chi connectivity index (χ0) is 13.2. The van der Waals surface area contributed by atoms with Gasteiger partial charge in [-0.3, -0.25) is 4.79 Å². The van der Waals surface area contributed by atoms with Crippen LogP contribution < -0.4 is 10.6 Å². The lowest BCUT2D eigenvalue weighted by Gasteiger charge is -2.07. The summed E-state index contributed by atoms with van der Waals surface area (Å²) in [6, 6.07) is 9.31. The summed E-state index contributed by atoms with van der Waals surface area (Å²) in [6.07, 6.45) is 0.187. The van der Waals surface area contributed by atoms with Crippen LogP contribution in [0.4, 0.5) is 4.79 Å². The summed E-state index contributed by atoms with van der Waals surface area (Å²) in [5, 5.41) is 5.29. The first-order valence-electron chi connectivity index (χ1n) is 5.93. The number of nitrogens with one attached hydrogen (secondary N) is 2. The molecule has 0 fully saturated rings. The second-order valence-corrected chi connectivity index (χ2v) is 3.65. The van der Waals surface area contributed by atoms with Gasteiger partial charge in [-0.1, -0.05) is 30.3 Å². The van der Waals surface area contributed by atoms with Crippen molar-refractivity contribution < 1.29 is 14.3 Å². The SMILES string of the molecule is CCOC(=O)CCNC(=O)NCc1ccccc1. The van der Waals surface area contributed by atoms with Gasteiger partial charge in [-0.15, -0.1) is 0 Å². The van der Waals surface area contributed by atoms with E-state index in [-0.39, 0.29) is 25.0 Å². The van der Waals surface area contributed by atoms with Gasteiger partial charge in [0, 0.05) is 13.1 Å². The summed E-state index contributed by atoms with van der Waals surface area (Å²) >= 11 is 0. The number of amides is 2. The molecular formula is C13H18N2O3. The van der Waals surface area contributed by atoms with Crippen molar-refractivity contribution in [2.24, 2.45) is 0 Å². The number of ether oxygens (including phenoxy) is 1. The first-order valence-corrected chi connectivity index (χ1v) is 5.93. The molecule has 0 radical (unpaired) electrons. The number of hydrogen-bond acceptors (Lipinski definition) is 3.